The molecule has 0 radical (unpaired) electrons. The predicted octanol–water partition coefficient (Wildman–Crippen LogP) is 4.40. The van der Waals surface area contributed by atoms with Crippen molar-refractivity contribution >= 4 is 39.6 Å². The van der Waals surface area contributed by atoms with Crippen LogP contribution in [0.2, 0.25) is 0 Å². The van der Waals surface area contributed by atoms with E-state index in [-0.39, 0.29) is 5.56 Å². The minimum atomic E-state index is -0.726. The third-order valence-corrected chi connectivity index (χ3v) is 3.86. The van der Waals surface area contributed by atoms with Crippen LogP contribution in [0.5, 0.6) is 0 Å². The van der Waals surface area contributed by atoms with Crippen LogP contribution >= 0.6 is 15.9 Å². The van der Waals surface area contributed by atoms with Crippen LogP contribution in [0.3, 0.4) is 0 Å². The lowest BCUT2D eigenvalue weighted by Gasteiger charge is -2.09. The van der Waals surface area contributed by atoms with Gasteiger partial charge in [-0.3, -0.25) is 4.79 Å². The summed E-state index contributed by atoms with van der Waals surface area (Å²) in [6.07, 6.45) is 2.38. The molecular formula is C19H17BrFNO3. The standard InChI is InChI=1S/C19H17BrFNO3/c1-12-3-4-13(2)17(9-12)22-18(23)11-25-19(24)8-5-14-10-15(20)6-7-16(14)21/h3-10H,11H2,1-2H3,(H,22,23)/b8-5+. The van der Waals surface area contributed by atoms with Crippen LogP contribution in [0.4, 0.5) is 10.1 Å². The predicted molar refractivity (Wildman–Crippen MR) is 98.6 cm³/mol. The van der Waals surface area contributed by atoms with E-state index in [0.717, 1.165) is 17.2 Å². The number of hydrogen-bond donors (Lipinski definition) is 1. The number of aryl methyl sites for hydroxylation is 2. The molecule has 0 spiro atoms. The molecule has 0 bridgehead atoms. The van der Waals surface area contributed by atoms with E-state index in [9.17, 15) is 14.0 Å². The molecule has 0 aliphatic rings. The first-order valence-corrected chi connectivity index (χ1v) is 8.31. The van der Waals surface area contributed by atoms with E-state index < -0.39 is 24.3 Å². The molecule has 0 aromatic heterocycles. The zero-order valence-corrected chi connectivity index (χ0v) is 15.4. The average Bonchev–Trinajstić information content (AvgIpc) is 2.57. The molecule has 2 rings (SSSR count). The van der Waals surface area contributed by atoms with Crippen LogP contribution in [-0.4, -0.2) is 18.5 Å². The van der Waals surface area contributed by atoms with Crippen molar-refractivity contribution in [3.05, 3.63) is 69.5 Å². The van der Waals surface area contributed by atoms with Crippen LogP contribution in [0, 0.1) is 19.7 Å². The van der Waals surface area contributed by atoms with Gasteiger partial charge >= 0.3 is 5.97 Å². The first kappa shape index (κ1) is 18.9. The molecule has 1 amide bonds. The SMILES string of the molecule is Cc1ccc(C)c(NC(=O)COC(=O)/C=C/c2cc(Br)ccc2F)c1. The Morgan fingerprint density at radius 3 is 2.72 bits per heavy atom. The van der Waals surface area contributed by atoms with E-state index in [1.807, 2.05) is 32.0 Å². The van der Waals surface area contributed by atoms with Gasteiger partial charge in [0.05, 0.1) is 0 Å². The van der Waals surface area contributed by atoms with E-state index >= 15 is 0 Å². The summed E-state index contributed by atoms with van der Waals surface area (Å²) in [6.45, 7) is 3.37. The summed E-state index contributed by atoms with van der Waals surface area (Å²) in [5.41, 5.74) is 2.84. The van der Waals surface area contributed by atoms with Crippen molar-refractivity contribution in [2.75, 3.05) is 11.9 Å². The van der Waals surface area contributed by atoms with Crippen molar-refractivity contribution in [2.24, 2.45) is 0 Å². The highest BCUT2D eigenvalue weighted by Gasteiger charge is 2.08. The van der Waals surface area contributed by atoms with E-state index in [2.05, 4.69) is 21.2 Å². The van der Waals surface area contributed by atoms with Gasteiger partial charge in [-0.15, -0.1) is 0 Å². The van der Waals surface area contributed by atoms with E-state index in [0.29, 0.717) is 10.2 Å². The fraction of sp³-hybridized carbons (Fsp3) is 0.158. The number of esters is 1. The molecular weight excluding hydrogens is 389 g/mol. The number of ether oxygens (including phenoxy) is 1. The Labute approximate surface area is 153 Å². The third-order valence-electron chi connectivity index (χ3n) is 3.37. The smallest absolute Gasteiger partial charge is 0.331 e. The zero-order valence-electron chi connectivity index (χ0n) is 13.8. The summed E-state index contributed by atoms with van der Waals surface area (Å²) >= 11 is 3.23. The van der Waals surface area contributed by atoms with Gasteiger partial charge in [-0.2, -0.15) is 0 Å². The van der Waals surface area contributed by atoms with Crippen molar-refractivity contribution in [2.45, 2.75) is 13.8 Å². The number of rotatable bonds is 5. The van der Waals surface area contributed by atoms with Gasteiger partial charge in [-0.05, 0) is 55.3 Å². The number of anilines is 1. The first-order chi connectivity index (χ1) is 11.8. The second-order valence-electron chi connectivity index (χ2n) is 5.47. The second-order valence-corrected chi connectivity index (χ2v) is 6.39. The van der Waals surface area contributed by atoms with Crippen LogP contribution in [0.25, 0.3) is 6.08 Å². The molecule has 0 atom stereocenters. The highest BCUT2D eigenvalue weighted by molar-refractivity contribution is 9.10. The van der Waals surface area contributed by atoms with Gasteiger partial charge in [0.15, 0.2) is 6.61 Å². The Balaban J connectivity index is 1.89. The van der Waals surface area contributed by atoms with Crippen LogP contribution in [-0.2, 0) is 14.3 Å². The summed E-state index contributed by atoms with van der Waals surface area (Å²) in [4.78, 5) is 23.5. The normalized spacial score (nSPS) is 10.7. The lowest BCUT2D eigenvalue weighted by molar-refractivity contribution is -0.142. The van der Waals surface area contributed by atoms with Crippen molar-refractivity contribution in [1.29, 1.82) is 0 Å². The fourth-order valence-corrected chi connectivity index (χ4v) is 2.42. The highest BCUT2D eigenvalue weighted by atomic mass is 79.9. The number of nitrogens with one attached hydrogen (secondary N) is 1. The van der Waals surface area contributed by atoms with E-state index in [4.69, 9.17) is 4.74 Å². The lowest BCUT2D eigenvalue weighted by Crippen LogP contribution is -2.20. The Morgan fingerprint density at radius 1 is 1.20 bits per heavy atom. The van der Waals surface area contributed by atoms with Crippen molar-refractivity contribution in [1.82, 2.24) is 0 Å². The minimum Gasteiger partial charge on any atom is -0.452 e. The second kappa shape index (κ2) is 8.58. The average molecular weight is 406 g/mol. The van der Waals surface area contributed by atoms with E-state index in [1.165, 1.54) is 18.2 Å². The molecule has 0 unspecified atom stereocenters. The molecule has 0 aliphatic heterocycles. The van der Waals surface area contributed by atoms with Gasteiger partial charge in [0.2, 0.25) is 0 Å². The molecule has 25 heavy (non-hydrogen) atoms. The number of amides is 1. The third kappa shape index (κ3) is 5.83. The molecule has 130 valence electrons. The first-order valence-electron chi connectivity index (χ1n) is 7.52. The number of benzene rings is 2. The van der Waals surface area contributed by atoms with Gasteiger partial charge in [-0.1, -0.05) is 28.1 Å². The Kier molecular flexibility index (Phi) is 6.47. The van der Waals surface area contributed by atoms with Gasteiger partial charge in [-0.25, -0.2) is 9.18 Å². The van der Waals surface area contributed by atoms with Gasteiger partial charge in [0, 0.05) is 21.8 Å². The summed E-state index contributed by atoms with van der Waals surface area (Å²) in [6, 6.07) is 10.1. The molecule has 2 aromatic rings. The summed E-state index contributed by atoms with van der Waals surface area (Å²) in [7, 11) is 0. The molecule has 2 aromatic carbocycles. The van der Waals surface area contributed by atoms with Gasteiger partial charge in [0.25, 0.3) is 5.91 Å². The minimum absolute atomic E-state index is 0.242. The van der Waals surface area contributed by atoms with E-state index in [1.54, 1.807) is 6.07 Å². The van der Waals surface area contributed by atoms with Crippen LogP contribution in [0.15, 0.2) is 46.9 Å². The van der Waals surface area contributed by atoms with Crippen molar-refractivity contribution in [3.63, 3.8) is 0 Å². The van der Waals surface area contributed by atoms with Crippen molar-refractivity contribution in [3.8, 4) is 0 Å². The number of carbonyl (C=O) groups is 2. The monoisotopic (exact) mass is 405 g/mol. The molecule has 0 saturated carbocycles. The highest BCUT2D eigenvalue weighted by Crippen LogP contribution is 2.17. The summed E-state index contributed by atoms with van der Waals surface area (Å²) < 4.78 is 19.1. The number of carbonyl (C=O) groups excluding carboxylic acids is 2. The van der Waals surface area contributed by atoms with Gasteiger partial charge < -0.3 is 10.1 Å². The molecule has 0 heterocycles. The topological polar surface area (TPSA) is 55.4 Å². The zero-order chi connectivity index (χ0) is 18.4. The van der Waals surface area contributed by atoms with Crippen molar-refractivity contribution < 1.29 is 18.7 Å². The molecule has 6 heteroatoms. The maximum Gasteiger partial charge on any atom is 0.331 e. The van der Waals surface area contributed by atoms with Crippen LogP contribution in [0.1, 0.15) is 16.7 Å². The van der Waals surface area contributed by atoms with Crippen LogP contribution < -0.4 is 5.32 Å². The summed E-state index contributed by atoms with van der Waals surface area (Å²) in [5.74, 6) is -1.63. The fourth-order valence-electron chi connectivity index (χ4n) is 2.04. The largest absolute Gasteiger partial charge is 0.452 e. The Morgan fingerprint density at radius 2 is 1.96 bits per heavy atom. The molecule has 4 nitrogen and oxygen atoms in total. The molecule has 0 saturated heterocycles. The molecule has 0 aliphatic carbocycles. The number of hydrogen-bond acceptors (Lipinski definition) is 3. The maximum absolute atomic E-state index is 13.6. The summed E-state index contributed by atoms with van der Waals surface area (Å²) in [5, 5.41) is 2.69. The maximum atomic E-state index is 13.6. The quantitative estimate of drug-likeness (QED) is 0.592. The lowest BCUT2D eigenvalue weighted by atomic mass is 10.1. The number of halogens is 2. The molecule has 0 fully saturated rings. The Bertz CT molecular complexity index is 833. The molecule has 1 N–H and O–H groups in total. The van der Waals surface area contributed by atoms with Gasteiger partial charge in [0.1, 0.15) is 5.82 Å². The Hall–Kier alpha value is -2.47.